The molecule has 40 heavy (non-hydrogen) atoms. The average molecular weight is 653 g/mol. The van der Waals surface area contributed by atoms with Gasteiger partial charge < -0.3 is 19.8 Å². The quantitative estimate of drug-likeness (QED) is 0.188. The molecule has 3 saturated heterocycles. The number of anilines is 1. The van der Waals surface area contributed by atoms with Gasteiger partial charge in [-0.15, -0.1) is 24.9 Å². The van der Waals surface area contributed by atoms with Crippen molar-refractivity contribution in [2.24, 2.45) is 11.8 Å². The lowest BCUT2D eigenvalue weighted by molar-refractivity contribution is -0.143. The average Bonchev–Trinajstić information content (AvgIpc) is 3.50. The summed E-state index contributed by atoms with van der Waals surface area (Å²) >= 11 is 12.1. The number of halogens is 2. The van der Waals surface area contributed by atoms with Gasteiger partial charge >= 0.3 is 0 Å². The summed E-state index contributed by atoms with van der Waals surface area (Å²) in [5.74, 6) is -1.49. The monoisotopic (exact) mass is 651 g/mol. The molecule has 7 nitrogen and oxygen atoms in total. The van der Waals surface area contributed by atoms with Crippen LogP contribution >= 0.6 is 39.3 Å². The first kappa shape index (κ1) is 31.1. The number of amides is 3. The number of hydrogen-bond donors (Lipinski definition) is 1. The number of para-hydroxylation sites is 1. The largest absolute Gasteiger partial charge is 0.396 e. The summed E-state index contributed by atoms with van der Waals surface area (Å²) in [7, 11) is 1.74. The summed E-state index contributed by atoms with van der Waals surface area (Å²) < 4.78 is -0.734. The van der Waals surface area contributed by atoms with Crippen molar-refractivity contribution in [3.05, 3.63) is 54.1 Å². The molecule has 10 heteroatoms. The van der Waals surface area contributed by atoms with Gasteiger partial charge in [0.15, 0.2) is 0 Å². The molecule has 3 heterocycles. The van der Waals surface area contributed by atoms with Crippen LogP contribution in [-0.2, 0) is 14.4 Å². The highest BCUT2D eigenvalue weighted by atomic mass is 79.9. The second kappa shape index (κ2) is 13.0. The van der Waals surface area contributed by atoms with E-state index < -0.39 is 22.6 Å². The standard InChI is InChI=1S/C30H39BrClN3O4S/c1-5-14-33(4)27(37)22-23-28(38)35(16-9-7-8-10-17-36)26(30(23)18-20(31)25(22)40-30)29(39)34(15-6-2)24-19(3)12-11-13-21(24)32/h5-6,11-13,20,22-23,25-26,36H,1-2,7-10,14-18H2,3-4H3/t20?,22-,23-,25-,26?,30?/m0/s1. The Hall–Kier alpha value is -1.81. The van der Waals surface area contributed by atoms with Gasteiger partial charge in [-0.25, -0.2) is 0 Å². The molecule has 1 spiro atoms. The van der Waals surface area contributed by atoms with E-state index in [0.29, 0.717) is 43.1 Å². The van der Waals surface area contributed by atoms with E-state index in [1.807, 2.05) is 19.1 Å². The van der Waals surface area contributed by atoms with Crippen LogP contribution < -0.4 is 4.90 Å². The maximum absolute atomic E-state index is 14.7. The molecule has 6 atom stereocenters. The van der Waals surface area contributed by atoms with Crippen LogP contribution in [0.2, 0.25) is 5.02 Å². The number of thioether (sulfide) groups is 1. The van der Waals surface area contributed by atoms with Crippen LogP contribution in [0.3, 0.4) is 0 Å². The molecule has 2 bridgehead atoms. The summed E-state index contributed by atoms with van der Waals surface area (Å²) in [5.41, 5.74) is 1.48. The molecule has 3 aliphatic heterocycles. The van der Waals surface area contributed by atoms with E-state index >= 15 is 0 Å². The van der Waals surface area contributed by atoms with Crippen molar-refractivity contribution in [1.29, 1.82) is 0 Å². The minimum Gasteiger partial charge on any atom is -0.396 e. The second-order valence-corrected chi connectivity index (χ2v) is 14.1. The number of aryl methyl sites for hydroxylation is 1. The van der Waals surface area contributed by atoms with Crippen molar-refractivity contribution in [2.45, 2.75) is 59.9 Å². The number of aliphatic hydroxyl groups excluding tert-OH is 1. The summed E-state index contributed by atoms with van der Waals surface area (Å²) in [5, 5.41) is 9.54. The summed E-state index contributed by atoms with van der Waals surface area (Å²) in [4.78, 5) is 47.8. The van der Waals surface area contributed by atoms with E-state index in [4.69, 9.17) is 11.6 Å². The molecule has 1 N–H and O–H groups in total. The molecule has 4 rings (SSSR count). The lowest BCUT2D eigenvalue weighted by Gasteiger charge is -2.38. The van der Waals surface area contributed by atoms with E-state index in [9.17, 15) is 19.5 Å². The Kier molecular flexibility index (Phi) is 10.1. The number of unbranched alkanes of at least 4 members (excludes halogenated alkanes) is 3. The molecular weight excluding hydrogens is 614 g/mol. The molecule has 0 radical (unpaired) electrons. The maximum atomic E-state index is 14.7. The second-order valence-electron chi connectivity index (χ2n) is 11.0. The lowest BCUT2D eigenvalue weighted by atomic mass is 9.70. The number of alkyl halides is 1. The zero-order valence-electron chi connectivity index (χ0n) is 23.2. The molecule has 1 aromatic rings. The minimum atomic E-state index is -0.740. The third kappa shape index (κ3) is 5.39. The van der Waals surface area contributed by atoms with Gasteiger partial charge in [-0.1, -0.05) is 64.7 Å². The summed E-state index contributed by atoms with van der Waals surface area (Å²) in [6, 6.07) is 4.79. The highest BCUT2D eigenvalue weighted by molar-refractivity contribution is 9.09. The van der Waals surface area contributed by atoms with Gasteiger partial charge in [-0.05, 0) is 37.8 Å². The Morgan fingerprint density at radius 2 is 1.90 bits per heavy atom. The first-order valence-corrected chi connectivity index (χ1v) is 16.1. The number of likely N-dealkylation sites (tertiary alicyclic amines) is 1. The predicted molar refractivity (Wildman–Crippen MR) is 166 cm³/mol. The third-order valence-electron chi connectivity index (χ3n) is 8.43. The van der Waals surface area contributed by atoms with Crippen LogP contribution in [0.15, 0.2) is 43.5 Å². The van der Waals surface area contributed by atoms with Crippen LogP contribution in [-0.4, -0.2) is 86.8 Å². The Labute approximate surface area is 255 Å². The van der Waals surface area contributed by atoms with Crippen molar-refractivity contribution < 1.29 is 19.5 Å². The Bertz CT molecular complexity index is 1150. The number of benzene rings is 1. The molecule has 0 saturated carbocycles. The fraction of sp³-hybridized carbons (Fsp3) is 0.567. The smallest absolute Gasteiger partial charge is 0.251 e. The molecule has 1 aromatic carbocycles. The number of hydrogen-bond acceptors (Lipinski definition) is 5. The fourth-order valence-corrected chi connectivity index (χ4v) is 10.7. The van der Waals surface area contributed by atoms with Gasteiger partial charge in [0.25, 0.3) is 5.91 Å². The van der Waals surface area contributed by atoms with Crippen LogP contribution in [0.5, 0.6) is 0 Å². The fourth-order valence-electron chi connectivity index (χ4n) is 6.75. The predicted octanol–water partition coefficient (Wildman–Crippen LogP) is 4.83. The van der Waals surface area contributed by atoms with Gasteiger partial charge in [0.1, 0.15) is 6.04 Å². The number of fused-ring (bicyclic) bond motifs is 1. The highest BCUT2D eigenvalue weighted by Gasteiger charge is 2.76. The van der Waals surface area contributed by atoms with E-state index in [0.717, 1.165) is 18.4 Å². The number of aliphatic hydroxyl groups is 1. The third-order valence-corrected chi connectivity index (χ3v) is 12.0. The number of carbonyl (C=O) groups excluding carboxylic acids is 3. The molecule has 3 fully saturated rings. The zero-order chi connectivity index (χ0) is 29.2. The topological polar surface area (TPSA) is 81.2 Å². The van der Waals surface area contributed by atoms with Crippen LogP contribution in [0.4, 0.5) is 5.69 Å². The number of nitrogens with zero attached hydrogens (tertiary/aromatic N) is 3. The number of rotatable bonds is 13. The Morgan fingerprint density at radius 1 is 1.20 bits per heavy atom. The molecule has 0 aromatic heterocycles. The van der Waals surface area contributed by atoms with Crippen LogP contribution in [0.25, 0.3) is 0 Å². The van der Waals surface area contributed by atoms with Gasteiger partial charge in [0, 0.05) is 43.4 Å². The molecule has 3 unspecified atom stereocenters. The van der Waals surface area contributed by atoms with E-state index in [-0.39, 0.29) is 41.0 Å². The molecule has 218 valence electrons. The molecule has 0 aliphatic carbocycles. The molecular formula is C30H39BrClN3O4S. The van der Waals surface area contributed by atoms with Crippen LogP contribution in [0, 0.1) is 18.8 Å². The zero-order valence-corrected chi connectivity index (χ0v) is 26.4. The lowest BCUT2D eigenvalue weighted by Crippen LogP contribution is -2.56. The maximum Gasteiger partial charge on any atom is 0.251 e. The van der Waals surface area contributed by atoms with Crippen molar-refractivity contribution in [3.8, 4) is 0 Å². The Morgan fingerprint density at radius 3 is 2.55 bits per heavy atom. The summed E-state index contributed by atoms with van der Waals surface area (Å²) in [6.07, 6.45) is 7.08. The first-order chi connectivity index (χ1) is 19.1. The molecule has 3 aliphatic rings. The van der Waals surface area contributed by atoms with E-state index in [1.165, 1.54) is 0 Å². The molecule has 3 amide bonds. The minimum absolute atomic E-state index is 0.00217. The van der Waals surface area contributed by atoms with Gasteiger partial charge in [-0.3, -0.25) is 14.4 Å². The van der Waals surface area contributed by atoms with Gasteiger partial charge in [0.2, 0.25) is 11.8 Å². The Balaban J connectivity index is 1.77. The highest BCUT2D eigenvalue weighted by Crippen LogP contribution is 2.68. The number of carbonyl (C=O) groups is 3. The van der Waals surface area contributed by atoms with Gasteiger partial charge in [-0.2, -0.15) is 0 Å². The first-order valence-electron chi connectivity index (χ1n) is 13.9. The SMILES string of the molecule is C=CCN(C)C(=O)[C@H]1[C@H]2C(=O)N(CCCCCCO)C(C(=O)N(CC=C)c3c(C)cccc3Cl)C23CC(Br)[C@@H]1S3. The summed E-state index contributed by atoms with van der Waals surface area (Å²) in [6.45, 7) is 10.8. The van der Waals surface area contributed by atoms with Crippen LogP contribution in [0.1, 0.15) is 37.7 Å². The van der Waals surface area contributed by atoms with Crippen molar-refractivity contribution in [2.75, 3.05) is 38.2 Å². The normalized spacial score (nSPS) is 28.5. The van der Waals surface area contributed by atoms with E-state index in [2.05, 4.69) is 29.1 Å². The van der Waals surface area contributed by atoms with Crippen molar-refractivity contribution in [3.63, 3.8) is 0 Å². The number of likely N-dealkylation sites (N-methyl/N-ethyl adjacent to an activating group) is 1. The van der Waals surface area contributed by atoms with Crippen molar-refractivity contribution >= 4 is 62.7 Å². The van der Waals surface area contributed by atoms with E-state index in [1.54, 1.807) is 51.7 Å². The van der Waals surface area contributed by atoms with Gasteiger partial charge in [0.05, 0.1) is 27.3 Å². The van der Waals surface area contributed by atoms with Crippen molar-refractivity contribution in [1.82, 2.24) is 9.80 Å².